The number of nitrogens with two attached hydrogens (primary N) is 1. The van der Waals surface area contributed by atoms with E-state index >= 15 is 0 Å². The minimum atomic E-state index is 0.350. The maximum atomic E-state index is 11.8. The first-order valence-corrected chi connectivity index (χ1v) is 6.25. The topological polar surface area (TPSA) is 46.3 Å². The Hall–Kier alpha value is -0.570. The molecule has 0 aromatic rings. The Morgan fingerprint density at radius 2 is 2.00 bits per heavy atom. The first kappa shape index (κ1) is 12.5. The third-order valence-corrected chi connectivity index (χ3v) is 3.38. The molecular formula is C12H24N2O. The van der Waals surface area contributed by atoms with E-state index in [0.717, 1.165) is 45.3 Å². The van der Waals surface area contributed by atoms with Gasteiger partial charge in [-0.2, -0.15) is 0 Å². The molecule has 1 unspecified atom stereocenters. The molecule has 0 radical (unpaired) electrons. The van der Waals surface area contributed by atoms with E-state index in [2.05, 4.69) is 6.92 Å². The summed E-state index contributed by atoms with van der Waals surface area (Å²) in [6.07, 6.45) is 6.31. The zero-order valence-electron chi connectivity index (χ0n) is 9.87. The molecule has 15 heavy (non-hydrogen) atoms. The zero-order chi connectivity index (χ0) is 11.1. The molecule has 0 saturated carbocycles. The fourth-order valence-corrected chi connectivity index (χ4v) is 2.24. The third kappa shape index (κ3) is 4.20. The van der Waals surface area contributed by atoms with Crippen LogP contribution in [0.15, 0.2) is 0 Å². The fraction of sp³-hybridized carbons (Fsp3) is 0.917. The van der Waals surface area contributed by atoms with E-state index in [4.69, 9.17) is 5.73 Å². The lowest BCUT2D eigenvalue weighted by atomic mass is 9.96. The Labute approximate surface area is 93.0 Å². The van der Waals surface area contributed by atoms with E-state index in [-0.39, 0.29) is 0 Å². The van der Waals surface area contributed by atoms with Gasteiger partial charge in [-0.3, -0.25) is 4.79 Å². The van der Waals surface area contributed by atoms with Crippen molar-refractivity contribution in [1.82, 2.24) is 4.90 Å². The van der Waals surface area contributed by atoms with E-state index in [1.54, 1.807) is 0 Å². The van der Waals surface area contributed by atoms with Gasteiger partial charge in [-0.15, -0.1) is 0 Å². The van der Waals surface area contributed by atoms with Crippen LogP contribution in [0.2, 0.25) is 0 Å². The van der Waals surface area contributed by atoms with Gasteiger partial charge in [-0.05, 0) is 38.1 Å². The molecule has 1 amide bonds. The highest BCUT2D eigenvalue weighted by Crippen LogP contribution is 2.17. The van der Waals surface area contributed by atoms with Crippen molar-refractivity contribution >= 4 is 5.91 Å². The summed E-state index contributed by atoms with van der Waals surface area (Å²) in [4.78, 5) is 13.8. The quantitative estimate of drug-likeness (QED) is 0.729. The highest BCUT2D eigenvalue weighted by atomic mass is 16.2. The van der Waals surface area contributed by atoms with Crippen molar-refractivity contribution < 1.29 is 4.79 Å². The smallest absolute Gasteiger partial charge is 0.222 e. The normalized spacial score (nSPS) is 18.1. The van der Waals surface area contributed by atoms with E-state index < -0.39 is 0 Å². The first-order valence-electron chi connectivity index (χ1n) is 6.25. The lowest BCUT2D eigenvalue weighted by Gasteiger charge is -2.18. The Morgan fingerprint density at radius 3 is 2.53 bits per heavy atom. The van der Waals surface area contributed by atoms with E-state index in [0.29, 0.717) is 11.8 Å². The Bertz CT molecular complexity index is 188. The molecule has 1 rings (SSSR count). The molecule has 1 aliphatic rings. The van der Waals surface area contributed by atoms with Crippen LogP contribution >= 0.6 is 0 Å². The lowest BCUT2D eigenvalue weighted by Crippen LogP contribution is -2.27. The molecule has 1 atom stereocenters. The van der Waals surface area contributed by atoms with Crippen molar-refractivity contribution in [2.45, 2.75) is 45.4 Å². The monoisotopic (exact) mass is 212 g/mol. The second-order valence-corrected chi connectivity index (χ2v) is 4.48. The van der Waals surface area contributed by atoms with Gasteiger partial charge in [-0.25, -0.2) is 0 Å². The molecule has 1 heterocycles. The average molecular weight is 212 g/mol. The molecule has 1 saturated heterocycles. The van der Waals surface area contributed by atoms with Crippen LogP contribution in [0.5, 0.6) is 0 Å². The Balaban J connectivity index is 2.19. The van der Waals surface area contributed by atoms with E-state index in [9.17, 15) is 4.79 Å². The molecule has 1 fully saturated rings. The van der Waals surface area contributed by atoms with Crippen molar-refractivity contribution in [3.63, 3.8) is 0 Å². The van der Waals surface area contributed by atoms with Crippen LogP contribution in [0.3, 0.4) is 0 Å². The molecular weight excluding hydrogens is 188 g/mol. The maximum Gasteiger partial charge on any atom is 0.222 e. The Morgan fingerprint density at radius 1 is 1.33 bits per heavy atom. The number of amides is 1. The van der Waals surface area contributed by atoms with Gasteiger partial charge in [0.05, 0.1) is 0 Å². The molecule has 88 valence electrons. The van der Waals surface area contributed by atoms with Gasteiger partial charge in [0.2, 0.25) is 5.91 Å². The maximum absolute atomic E-state index is 11.8. The van der Waals surface area contributed by atoms with Crippen LogP contribution in [0, 0.1) is 5.92 Å². The molecule has 0 spiro atoms. The molecule has 0 aromatic carbocycles. The van der Waals surface area contributed by atoms with Crippen molar-refractivity contribution in [2.24, 2.45) is 11.7 Å². The SMILES string of the molecule is CCC(CCN)CCC(=O)N1CCCC1. The summed E-state index contributed by atoms with van der Waals surface area (Å²) in [5.41, 5.74) is 5.54. The summed E-state index contributed by atoms with van der Waals surface area (Å²) in [6, 6.07) is 0. The minimum Gasteiger partial charge on any atom is -0.343 e. The predicted octanol–water partition coefficient (Wildman–Crippen LogP) is 1.76. The van der Waals surface area contributed by atoms with Crippen molar-refractivity contribution in [3.8, 4) is 0 Å². The van der Waals surface area contributed by atoms with Gasteiger partial charge in [0.15, 0.2) is 0 Å². The van der Waals surface area contributed by atoms with Gasteiger partial charge < -0.3 is 10.6 Å². The van der Waals surface area contributed by atoms with Gasteiger partial charge in [0.1, 0.15) is 0 Å². The van der Waals surface area contributed by atoms with Gasteiger partial charge >= 0.3 is 0 Å². The van der Waals surface area contributed by atoms with Gasteiger partial charge in [0.25, 0.3) is 0 Å². The number of carbonyl (C=O) groups is 1. The highest BCUT2D eigenvalue weighted by Gasteiger charge is 2.18. The summed E-state index contributed by atoms with van der Waals surface area (Å²) in [7, 11) is 0. The Kier molecular flexibility index (Phi) is 5.69. The minimum absolute atomic E-state index is 0.350. The summed E-state index contributed by atoms with van der Waals surface area (Å²) in [5.74, 6) is 0.990. The van der Waals surface area contributed by atoms with Crippen LogP contribution in [-0.2, 0) is 4.79 Å². The number of hydrogen-bond acceptors (Lipinski definition) is 2. The number of nitrogens with zero attached hydrogens (tertiary/aromatic N) is 1. The standard InChI is InChI=1S/C12H24N2O/c1-2-11(7-8-13)5-6-12(15)14-9-3-4-10-14/h11H,2-10,13H2,1H3. The molecule has 1 aliphatic heterocycles. The van der Waals surface area contributed by atoms with Gasteiger partial charge in [-0.1, -0.05) is 13.3 Å². The largest absolute Gasteiger partial charge is 0.343 e. The second-order valence-electron chi connectivity index (χ2n) is 4.48. The number of rotatable bonds is 6. The summed E-state index contributed by atoms with van der Waals surface area (Å²) < 4.78 is 0. The van der Waals surface area contributed by atoms with Crippen molar-refractivity contribution in [2.75, 3.05) is 19.6 Å². The summed E-state index contributed by atoms with van der Waals surface area (Å²) >= 11 is 0. The van der Waals surface area contributed by atoms with Crippen LogP contribution in [0.25, 0.3) is 0 Å². The number of carbonyl (C=O) groups excluding carboxylic acids is 1. The molecule has 3 nitrogen and oxygen atoms in total. The van der Waals surface area contributed by atoms with Gasteiger partial charge in [0, 0.05) is 19.5 Å². The molecule has 0 aromatic heterocycles. The first-order chi connectivity index (χ1) is 7.27. The average Bonchev–Trinajstić information content (AvgIpc) is 2.77. The number of likely N-dealkylation sites (tertiary alicyclic amines) is 1. The van der Waals surface area contributed by atoms with Crippen molar-refractivity contribution in [3.05, 3.63) is 0 Å². The van der Waals surface area contributed by atoms with Crippen LogP contribution < -0.4 is 5.73 Å². The van der Waals surface area contributed by atoms with Crippen molar-refractivity contribution in [1.29, 1.82) is 0 Å². The fourth-order valence-electron chi connectivity index (χ4n) is 2.24. The molecule has 3 heteroatoms. The van der Waals surface area contributed by atoms with E-state index in [1.807, 2.05) is 4.90 Å². The molecule has 2 N–H and O–H groups in total. The highest BCUT2D eigenvalue weighted by molar-refractivity contribution is 5.76. The zero-order valence-corrected chi connectivity index (χ0v) is 9.87. The second kappa shape index (κ2) is 6.83. The van der Waals surface area contributed by atoms with Crippen LogP contribution in [0.1, 0.15) is 45.4 Å². The lowest BCUT2D eigenvalue weighted by molar-refractivity contribution is -0.130. The molecule has 0 aliphatic carbocycles. The molecule has 0 bridgehead atoms. The predicted molar refractivity (Wildman–Crippen MR) is 62.5 cm³/mol. The summed E-state index contributed by atoms with van der Waals surface area (Å²) in [6.45, 7) is 4.89. The van der Waals surface area contributed by atoms with Crippen LogP contribution in [-0.4, -0.2) is 30.4 Å². The third-order valence-electron chi connectivity index (χ3n) is 3.38. The van der Waals surface area contributed by atoms with Crippen LogP contribution in [0.4, 0.5) is 0 Å². The number of hydrogen-bond donors (Lipinski definition) is 1. The summed E-state index contributed by atoms with van der Waals surface area (Å²) in [5, 5.41) is 0. The van der Waals surface area contributed by atoms with E-state index in [1.165, 1.54) is 12.8 Å².